The molecule has 0 unspecified atom stereocenters. The Labute approximate surface area is 143 Å². The number of carbonyl (C=O) groups is 1. The molecule has 2 heterocycles. The lowest BCUT2D eigenvalue weighted by Gasteiger charge is -2.28. The molecule has 0 radical (unpaired) electrons. The summed E-state index contributed by atoms with van der Waals surface area (Å²) in [5, 5.41) is 16.7. The van der Waals surface area contributed by atoms with Crippen LogP contribution in [0, 0.1) is 6.92 Å². The van der Waals surface area contributed by atoms with Crippen molar-refractivity contribution < 1.29 is 4.79 Å². The predicted molar refractivity (Wildman–Crippen MR) is 89.3 cm³/mol. The van der Waals surface area contributed by atoms with Crippen molar-refractivity contribution in [3.63, 3.8) is 0 Å². The van der Waals surface area contributed by atoms with Crippen molar-refractivity contribution in [3.05, 3.63) is 17.4 Å². The summed E-state index contributed by atoms with van der Waals surface area (Å²) < 4.78 is 2.74. The molecule has 7 nitrogen and oxygen atoms in total. The van der Waals surface area contributed by atoms with E-state index in [2.05, 4.69) is 31.2 Å². The van der Waals surface area contributed by atoms with Gasteiger partial charge in [0.1, 0.15) is 10.7 Å². The smallest absolute Gasteiger partial charge is 0.222 e. The van der Waals surface area contributed by atoms with E-state index in [0.717, 1.165) is 35.7 Å². The lowest BCUT2D eigenvalue weighted by Crippen LogP contribution is -2.38. The van der Waals surface area contributed by atoms with Crippen LogP contribution in [0.4, 0.5) is 0 Å². The highest BCUT2D eigenvalue weighted by Crippen LogP contribution is 2.35. The van der Waals surface area contributed by atoms with Gasteiger partial charge in [-0.1, -0.05) is 11.8 Å². The van der Waals surface area contributed by atoms with Gasteiger partial charge >= 0.3 is 0 Å². The number of amides is 1. The largest absolute Gasteiger partial charge is 0.353 e. The molecule has 1 aliphatic rings. The summed E-state index contributed by atoms with van der Waals surface area (Å²) in [5.74, 6) is 0.0761. The molecule has 0 aliphatic heterocycles. The summed E-state index contributed by atoms with van der Waals surface area (Å²) in [6, 6.07) is 0.297. The van der Waals surface area contributed by atoms with Crippen LogP contribution >= 0.6 is 23.1 Å². The van der Waals surface area contributed by atoms with Crippen LogP contribution in [0.25, 0.3) is 0 Å². The lowest BCUT2D eigenvalue weighted by atomic mass is 9.95. The molecule has 1 saturated carbocycles. The highest BCUT2D eigenvalue weighted by Gasteiger charge is 2.23. The fraction of sp³-hybridized carbons (Fsp3) is 0.643. The van der Waals surface area contributed by atoms with Gasteiger partial charge in [0.25, 0.3) is 0 Å². The standard InChI is InChI=1S/C14H20N6OS2/c1-10-8-22-14(16-10)23-12-4-2-11(3-5-12)17-13(21)6-7-20-9-15-18-19-20/h8-9,11-12H,2-7H2,1H3,(H,17,21). The van der Waals surface area contributed by atoms with Crippen molar-refractivity contribution in [1.29, 1.82) is 0 Å². The maximum Gasteiger partial charge on any atom is 0.222 e. The van der Waals surface area contributed by atoms with Crippen molar-refractivity contribution >= 4 is 29.0 Å². The topological polar surface area (TPSA) is 85.6 Å². The lowest BCUT2D eigenvalue weighted by molar-refractivity contribution is -0.122. The quantitative estimate of drug-likeness (QED) is 0.856. The molecule has 0 aromatic carbocycles. The Morgan fingerprint density at radius 2 is 2.26 bits per heavy atom. The second kappa shape index (κ2) is 7.87. The van der Waals surface area contributed by atoms with Crippen LogP contribution in [0.3, 0.4) is 0 Å². The number of nitrogens with zero attached hydrogens (tertiary/aromatic N) is 5. The molecule has 1 amide bonds. The minimum absolute atomic E-state index is 0.0761. The van der Waals surface area contributed by atoms with Gasteiger partial charge in [-0.3, -0.25) is 4.79 Å². The van der Waals surface area contributed by atoms with Gasteiger partial charge in [-0.05, 0) is 43.0 Å². The van der Waals surface area contributed by atoms with Crippen LogP contribution in [-0.4, -0.2) is 42.4 Å². The molecule has 124 valence electrons. The Morgan fingerprint density at radius 1 is 1.43 bits per heavy atom. The Balaban J connectivity index is 1.36. The summed E-state index contributed by atoms with van der Waals surface area (Å²) in [4.78, 5) is 16.5. The van der Waals surface area contributed by atoms with Gasteiger partial charge in [0.05, 0.1) is 6.54 Å². The second-order valence-corrected chi connectivity index (χ2v) is 8.14. The molecule has 9 heteroatoms. The summed E-state index contributed by atoms with van der Waals surface area (Å²) >= 11 is 3.61. The Hall–Kier alpha value is -1.48. The number of tetrazole rings is 1. The van der Waals surface area contributed by atoms with Crippen molar-refractivity contribution in [2.75, 3.05) is 0 Å². The van der Waals surface area contributed by atoms with Crippen LogP contribution in [0.2, 0.25) is 0 Å². The van der Waals surface area contributed by atoms with E-state index in [0.29, 0.717) is 24.3 Å². The Kier molecular flexibility index (Phi) is 5.60. The van der Waals surface area contributed by atoms with E-state index in [1.807, 2.05) is 18.7 Å². The van der Waals surface area contributed by atoms with Crippen molar-refractivity contribution in [2.45, 2.75) is 61.2 Å². The number of thioether (sulfide) groups is 1. The van der Waals surface area contributed by atoms with Crippen LogP contribution in [0.1, 0.15) is 37.8 Å². The summed E-state index contributed by atoms with van der Waals surface area (Å²) in [7, 11) is 0. The van der Waals surface area contributed by atoms with Gasteiger partial charge < -0.3 is 5.32 Å². The minimum Gasteiger partial charge on any atom is -0.353 e. The Bertz CT molecular complexity index is 621. The van der Waals surface area contributed by atoms with Crippen LogP contribution < -0.4 is 5.32 Å². The summed E-state index contributed by atoms with van der Waals surface area (Å²) in [5.41, 5.74) is 1.10. The number of aromatic nitrogens is 5. The number of thiazole rings is 1. The highest BCUT2D eigenvalue weighted by molar-refractivity contribution is 8.01. The van der Waals surface area contributed by atoms with Gasteiger partial charge in [-0.15, -0.1) is 16.4 Å². The normalized spacial score (nSPS) is 21.3. The molecule has 2 aromatic heterocycles. The van der Waals surface area contributed by atoms with Crippen molar-refractivity contribution in [2.24, 2.45) is 0 Å². The Morgan fingerprint density at radius 3 is 2.91 bits per heavy atom. The molecular weight excluding hydrogens is 332 g/mol. The van der Waals surface area contributed by atoms with Gasteiger partial charge in [0, 0.05) is 28.8 Å². The van der Waals surface area contributed by atoms with E-state index < -0.39 is 0 Å². The number of nitrogens with one attached hydrogen (secondary N) is 1. The maximum absolute atomic E-state index is 12.0. The number of rotatable bonds is 6. The van der Waals surface area contributed by atoms with Crippen LogP contribution in [-0.2, 0) is 11.3 Å². The first kappa shape index (κ1) is 16.4. The molecule has 0 atom stereocenters. The van der Waals surface area contributed by atoms with Crippen molar-refractivity contribution in [1.82, 2.24) is 30.5 Å². The van der Waals surface area contributed by atoms with Gasteiger partial charge in [-0.25, -0.2) is 9.67 Å². The molecule has 0 bridgehead atoms. The third kappa shape index (κ3) is 5.00. The van der Waals surface area contributed by atoms with E-state index in [1.165, 1.54) is 6.33 Å². The minimum atomic E-state index is 0.0761. The average molecular weight is 352 g/mol. The molecule has 23 heavy (non-hydrogen) atoms. The average Bonchev–Trinajstić information content (AvgIpc) is 3.19. The number of hydrogen-bond donors (Lipinski definition) is 1. The summed E-state index contributed by atoms with van der Waals surface area (Å²) in [6.07, 6.45) is 6.27. The third-order valence-electron chi connectivity index (χ3n) is 3.86. The number of carbonyl (C=O) groups excluding carboxylic acids is 1. The number of aryl methyl sites for hydroxylation is 2. The fourth-order valence-corrected chi connectivity index (χ4v) is 4.94. The third-order valence-corrected chi connectivity index (χ3v) is 6.29. The first-order valence-corrected chi connectivity index (χ1v) is 9.54. The van der Waals surface area contributed by atoms with Gasteiger partial charge in [-0.2, -0.15) is 0 Å². The van der Waals surface area contributed by atoms with E-state index in [-0.39, 0.29) is 5.91 Å². The van der Waals surface area contributed by atoms with Crippen LogP contribution in [0.15, 0.2) is 16.0 Å². The SMILES string of the molecule is Cc1csc(SC2CCC(NC(=O)CCn3cnnn3)CC2)n1. The van der Waals surface area contributed by atoms with Crippen molar-refractivity contribution in [3.8, 4) is 0 Å². The molecule has 1 aliphatic carbocycles. The second-order valence-electron chi connectivity index (χ2n) is 5.74. The first-order chi connectivity index (χ1) is 11.2. The van der Waals surface area contributed by atoms with Gasteiger partial charge in [0.15, 0.2) is 0 Å². The molecule has 0 saturated heterocycles. The van der Waals surface area contributed by atoms with E-state index in [4.69, 9.17) is 0 Å². The molecular formula is C14H20N6OS2. The van der Waals surface area contributed by atoms with E-state index in [9.17, 15) is 4.79 Å². The molecule has 2 aromatic rings. The zero-order chi connectivity index (χ0) is 16.1. The number of hydrogen-bond acceptors (Lipinski definition) is 7. The zero-order valence-corrected chi connectivity index (χ0v) is 14.6. The summed E-state index contributed by atoms with van der Waals surface area (Å²) in [6.45, 7) is 2.55. The van der Waals surface area contributed by atoms with Crippen LogP contribution in [0.5, 0.6) is 0 Å². The highest BCUT2D eigenvalue weighted by atomic mass is 32.2. The van der Waals surface area contributed by atoms with Gasteiger partial charge in [0.2, 0.25) is 5.91 Å². The first-order valence-electron chi connectivity index (χ1n) is 7.78. The molecule has 3 rings (SSSR count). The monoisotopic (exact) mass is 352 g/mol. The molecule has 0 spiro atoms. The molecule has 1 fully saturated rings. The zero-order valence-electron chi connectivity index (χ0n) is 13.0. The van der Waals surface area contributed by atoms with E-state index >= 15 is 0 Å². The predicted octanol–water partition coefficient (Wildman–Crippen LogP) is 2.05. The van der Waals surface area contributed by atoms with E-state index in [1.54, 1.807) is 16.0 Å². The molecule has 1 N–H and O–H groups in total. The maximum atomic E-state index is 12.0. The fourth-order valence-electron chi connectivity index (χ4n) is 2.65.